The van der Waals surface area contributed by atoms with Crippen LogP contribution in [0.15, 0.2) is 48.5 Å². The molecule has 3 rings (SSSR count). The van der Waals surface area contributed by atoms with Gasteiger partial charge in [-0.1, -0.05) is 27.7 Å². The van der Waals surface area contributed by atoms with E-state index in [1.165, 1.54) is 0 Å². The molecule has 8 heteroatoms. The minimum atomic E-state index is -1.10. The minimum absolute atomic E-state index is 0.0625. The smallest absolute Gasteiger partial charge is 0.338 e. The lowest BCUT2D eigenvalue weighted by Gasteiger charge is -2.23. The van der Waals surface area contributed by atoms with Gasteiger partial charge in [-0.3, -0.25) is 0 Å². The lowest BCUT2D eigenvalue weighted by atomic mass is 10.2. The number of benzene rings is 2. The van der Waals surface area contributed by atoms with Crippen LogP contribution in [0.25, 0.3) is 0 Å². The zero-order valence-electron chi connectivity index (χ0n) is 23.6. The molecule has 0 amide bonds. The predicted molar refractivity (Wildman–Crippen MR) is 160 cm³/mol. The van der Waals surface area contributed by atoms with Gasteiger partial charge < -0.3 is 19.3 Å². The molecule has 0 N–H and O–H groups in total. The molecule has 0 spiro atoms. The van der Waals surface area contributed by atoms with Gasteiger partial charge in [-0.05, 0) is 74.2 Å². The van der Waals surface area contributed by atoms with Gasteiger partial charge in [0.1, 0.15) is 4.33 Å². The third-order valence-corrected chi connectivity index (χ3v) is 8.18. The number of ether oxygens (including phenoxy) is 2. The van der Waals surface area contributed by atoms with E-state index in [-0.39, 0.29) is 25.0 Å². The molecule has 1 fully saturated rings. The highest BCUT2D eigenvalue weighted by atomic mass is 35.5. The lowest BCUT2D eigenvalue weighted by molar-refractivity contribution is 0.0419. The van der Waals surface area contributed by atoms with Crippen LogP contribution in [0.4, 0.5) is 11.4 Å². The van der Waals surface area contributed by atoms with Gasteiger partial charge in [-0.15, -0.1) is 23.2 Å². The average molecular weight is 578 g/mol. The van der Waals surface area contributed by atoms with Crippen molar-refractivity contribution in [2.24, 2.45) is 11.8 Å². The Morgan fingerprint density at radius 2 is 0.949 bits per heavy atom. The van der Waals surface area contributed by atoms with Crippen LogP contribution in [0.5, 0.6) is 0 Å². The van der Waals surface area contributed by atoms with E-state index in [4.69, 9.17) is 32.7 Å². The number of alkyl halides is 2. The molecule has 2 aromatic rings. The van der Waals surface area contributed by atoms with Gasteiger partial charge in [0.05, 0.1) is 24.3 Å². The van der Waals surface area contributed by atoms with E-state index in [1.54, 1.807) is 24.3 Å². The Hall–Kier alpha value is -2.44. The van der Waals surface area contributed by atoms with Crippen molar-refractivity contribution >= 4 is 46.5 Å². The largest absolute Gasteiger partial charge is 0.462 e. The van der Waals surface area contributed by atoms with Gasteiger partial charge in [0.15, 0.2) is 0 Å². The quantitative estimate of drug-likeness (QED) is 0.153. The number of hydrogen-bond donors (Lipinski definition) is 0. The molecule has 1 aliphatic carbocycles. The first-order valence-corrected chi connectivity index (χ1v) is 14.9. The fourth-order valence-electron chi connectivity index (χ4n) is 4.85. The van der Waals surface area contributed by atoms with E-state index >= 15 is 0 Å². The molecule has 0 saturated heterocycles. The summed E-state index contributed by atoms with van der Waals surface area (Å²) in [6.45, 7) is 12.6. The fraction of sp³-hybridized carbons (Fsp3) is 0.548. The number of anilines is 2. The normalized spacial score (nSPS) is 17.4. The molecule has 2 unspecified atom stereocenters. The third kappa shape index (κ3) is 8.28. The van der Waals surface area contributed by atoms with Crippen LogP contribution >= 0.6 is 23.2 Å². The van der Waals surface area contributed by atoms with Crippen molar-refractivity contribution in [3.63, 3.8) is 0 Å². The lowest BCUT2D eigenvalue weighted by Crippen LogP contribution is -2.24. The molecule has 0 aliphatic heterocycles. The summed E-state index contributed by atoms with van der Waals surface area (Å²) < 4.78 is 9.93. The summed E-state index contributed by atoms with van der Waals surface area (Å²) in [4.78, 5) is 29.9. The molecule has 1 saturated carbocycles. The van der Waals surface area contributed by atoms with Crippen LogP contribution in [0.3, 0.4) is 0 Å². The van der Waals surface area contributed by atoms with Crippen molar-refractivity contribution in [2.45, 2.75) is 57.7 Å². The Labute approximate surface area is 243 Å². The van der Waals surface area contributed by atoms with E-state index in [0.29, 0.717) is 11.1 Å². The molecule has 0 bridgehead atoms. The highest BCUT2D eigenvalue weighted by molar-refractivity contribution is 6.51. The van der Waals surface area contributed by atoms with Crippen molar-refractivity contribution < 1.29 is 19.1 Å². The number of halogens is 2. The van der Waals surface area contributed by atoms with Gasteiger partial charge in [-0.2, -0.15) is 0 Å². The second kappa shape index (κ2) is 14.8. The first-order chi connectivity index (χ1) is 18.8. The van der Waals surface area contributed by atoms with Crippen LogP contribution in [-0.2, 0) is 9.47 Å². The first-order valence-electron chi connectivity index (χ1n) is 14.2. The van der Waals surface area contributed by atoms with Crippen LogP contribution in [-0.4, -0.2) is 55.7 Å². The number of carbonyl (C=O) groups is 2. The summed E-state index contributed by atoms with van der Waals surface area (Å²) >= 11 is 12.9. The predicted octanol–water partition coefficient (Wildman–Crippen LogP) is 7.37. The van der Waals surface area contributed by atoms with Gasteiger partial charge in [0, 0.05) is 49.4 Å². The number of nitrogens with zero attached hydrogens (tertiary/aromatic N) is 2. The van der Waals surface area contributed by atoms with Gasteiger partial charge >= 0.3 is 11.9 Å². The molecule has 0 heterocycles. The Morgan fingerprint density at radius 1 is 0.641 bits per heavy atom. The maximum Gasteiger partial charge on any atom is 0.338 e. The summed E-state index contributed by atoms with van der Waals surface area (Å²) in [5, 5.41) is 0. The third-order valence-electron chi connectivity index (χ3n) is 7.06. The summed E-state index contributed by atoms with van der Waals surface area (Å²) in [6.07, 6.45) is 4.24. The highest BCUT2D eigenvalue weighted by Gasteiger charge is 2.64. The van der Waals surface area contributed by atoms with E-state index < -0.39 is 16.3 Å². The molecule has 6 nitrogen and oxygen atoms in total. The van der Waals surface area contributed by atoms with E-state index in [2.05, 4.69) is 37.5 Å². The molecule has 2 atom stereocenters. The summed E-state index contributed by atoms with van der Waals surface area (Å²) in [7, 11) is 0. The van der Waals surface area contributed by atoms with Crippen molar-refractivity contribution in [3.8, 4) is 0 Å². The van der Waals surface area contributed by atoms with Crippen molar-refractivity contribution in [1.29, 1.82) is 0 Å². The van der Waals surface area contributed by atoms with Gasteiger partial charge in [0.2, 0.25) is 0 Å². The summed E-state index contributed by atoms with van der Waals surface area (Å²) in [6, 6.07) is 14.9. The molecule has 2 aromatic carbocycles. The maximum absolute atomic E-state index is 12.6. The minimum Gasteiger partial charge on any atom is -0.462 e. The van der Waals surface area contributed by atoms with Crippen LogP contribution in [0.1, 0.15) is 74.1 Å². The van der Waals surface area contributed by atoms with Gasteiger partial charge in [-0.25, -0.2) is 9.59 Å². The Balaban J connectivity index is 1.48. The van der Waals surface area contributed by atoms with Gasteiger partial charge in [0.25, 0.3) is 0 Å². The molecule has 1 aliphatic rings. The second-order valence-electron chi connectivity index (χ2n) is 10.2. The highest BCUT2D eigenvalue weighted by Crippen LogP contribution is 2.59. The van der Waals surface area contributed by atoms with E-state index in [0.717, 1.165) is 63.2 Å². The van der Waals surface area contributed by atoms with Crippen molar-refractivity contribution in [3.05, 3.63) is 59.7 Å². The zero-order valence-corrected chi connectivity index (χ0v) is 25.1. The summed E-state index contributed by atoms with van der Waals surface area (Å²) in [5.41, 5.74) is 3.14. The van der Waals surface area contributed by atoms with Crippen molar-refractivity contribution in [2.75, 3.05) is 49.2 Å². The Morgan fingerprint density at radius 3 is 1.23 bits per heavy atom. The molecule has 0 aromatic heterocycles. The number of hydrogen-bond acceptors (Lipinski definition) is 6. The zero-order chi connectivity index (χ0) is 28.4. The van der Waals surface area contributed by atoms with Crippen LogP contribution < -0.4 is 9.80 Å². The molecule has 0 radical (unpaired) electrons. The first kappa shape index (κ1) is 31.1. The molecular formula is C31H42Cl2N2O4. The van der Waals surface area contributed by atoms with Crippen LogP contribution in [0.2, 0.25) is 0 Å². The molecular weight excluding hydrogens is 535 g/mol. The Bertz CT molecular complexity index is 964. The second-order valence-corrected chi connectivity index (χ2v) is 11.6. The fourth-order valence-corrected chi connectivity index (χ4v) is 5.58. The molecule has 39 heavy (non-hydrogen) atoms. The monoisotopic (exact) mass is 576 g/mol. The number of rotatable bonds is 16. The maximum atomic E-state index is 12.6. The number of esters is 2. The standard InChI is InChI=1S/C31H42Cl2N2O4/c1-5-17-34(18-6-2)25-13-9-23(10-14-25)29(36)38-21-27-28(31(27,32)33)22-39-30(37)24-11-15-26(16-12-24)35(19-7-3)20-8-4/h9-16,27-28H,5-8,17-22H2,1-4H3. The summed E-state index contributed by atoms with van der Waals surface area (Å²) in [5.74, 6) is -1.46. The van der Waals surface area contributed by atoms with Crippen LogP contribution in [0, 0.1) is 11.8 Å². The average Bonchev–Trinajstić information content (AvgIpc) is 3.48. The topological polar surface area (TPSA) is 59.1 Å². The Kier molecular flexibility index (Phi) is 11.8. The molecule has 214 valence electrons. The SMILES string of the molecule is CCCN(CCC)c1ccc(C(=O)OCC2C(COC(=O)c3ccc(N(CCC)CCC)cc3)C2(Cl)Cl)cc1. The van der Waals surface area contributed by atoms with E-state index in [1.807, 2.05) is 24.3 Å². The van der Waals surface area contributed by atoms with Crippen molar-refractivity contribution in [1.82, 2.24) is 0 Å². The van der Waals surface area contributed by atoms with E-state index in [9.17, 15) is 9.59 Å². The number of carbonyl (C=O) groups excluding carboxylic acids is 2.